The molecule has 0 aromatic carbocycles. The van der Waals surface area contributed by atoms with Crippen LogP contribution in [0.15, 0.2) is 97.2 Å². The van der Waals surface area contributed by atoms with Crippen LogP contribution in [0.3, 0.4) is 0 Å². The van der Waals surface area contributed by atoms with Crippen LogP contribution in [0.25, 0.3) is 0 Å². The largest absolute Gasteiger partial charge is 0.472 e. The van der Waals surface area contributed by atoms with Gasteiger partial charge in [0.1, 0.15) is 42.7 Å². The van der Waals surface area contributed by atoms with Crippen LogP contribution in [0, 0.1) is 0 Å². The normalized spacial score (nSPS) is 22.2. The Balaban J connectivity index is 2.38. The first-order valence-electron chi connectivity index (χ1n) is 25.1. The number of esters is 1. The minimum absolute atomic E-state index is 0.0530. The van der Waals surface area contributed by atoms with Crippen molar-refractivity contribution in [3.05, 3.63) is 97.2 Å². The standard InChI is InChI=1S/C53H89O12P/c1-3-5-7-9-11-13-15-17-19-20-21-22-23-24-25-26-27-29-31-33-35-37-39-41-43-62-44-46(45-63-66(60,61)65-53-51(58)49(56)48(55)50(57)52(53)59)64-47(54)42-40-38-36-34-32-30-28-18-16-14-12-10-8-6-4-2/h6,8,12,14-15,17-18,20-21,23-24,28,32,34,38,40,46,48-53,55-59H,3-5,7,9-11,13,16,19,22,25-27,29-31,33,35-37,39,41-45H2,1-2H3,(H,60,61)/b8-6-,14-12-,17-15-,21-20-,24-23-,28-18-,34-32-,40-38-. The summed E-state index contributed by atoms with van der Waals surface area (Å²) in [5.41, 5.74) is 0. The fourth-order valence-electron chi connectivity index (χ4n) is 7.03. The molecule has 66 heavy (non-hydrogen) atoms. The second-order valence-corrected chi connectivity index (χ2v) is 18.4. The van der Waals surface area contributed by atoms with Crippen molar-refractivity contribution in [2.75, 3.05) is 19.8 Å². The molecule has 378 valence electrons. The topological polar surface area (TPSA) is 192 Å². The molecule has 0 aromatic heterocycles. The molecule has 0 aliphatic heterocycles. The third-order valence-electron chi connectivity index (χ3n) is 11.0. The maximum atomic E-state index is 12.8. The Morgan fingerprint density at radius 2 is 0.894 bits per heavy atom. The van der Waals surface area contributed by atoms with E-state index < -0.39 is 63.1 Å². The van der Waals surface area contributed by atoms with E-state index in [1.165, 1.54) is 70.6 Å². The molecule has 13 heteroatoms. The molecular weight excluding hydrogens is 860 g/mol. The fraction of sp³-hybridized carbons (Fsp3) is 0.679. The molecule has 0 aromatic rings. The Bertz CT molecular complexity index is 1450. The summed E-state index contributed by atoms with van der Waals surface area (Å²) in [4.78, 5) is 23.1. The fourth-order valence-corrected chi connectivity index (χ4v) is 8.00. The molecule has 0 amide bonds. The van der Waals surface area contributed by atoms with Gasteiger partial charge in [0.2, 0.25) is 0 Å². The van der Waals surface area contributed by atoms with E-state index in [9.17, 15) is 39.8 Å². The van der Waals surface area contributed by atoms with Crippen molar-refractivity contribution in [3.8, 4) is 0 Å². The predicted molar refractivity (Wildman–Crippen MR) is 267 cm³/mol. The second kappa shape index (κ2) is 42.4. The first-order chi connectivity index (χ1) is 32.0. The third-order valence-corrected chi connectivity index (χ3v) is 12.0. The van der Waals surface area contributed by atoms with Crippen molar-refractivity contribution in [1.82, 2.24) is 0 Å². The number of carbonyl (C=O) groups excluding carboxylic acids is 1. The number of allylic oxidation sites excluding steroid dienone is 15. The number of phosphoric ester groups is 1. The van der Waals surface area contributed by atoms with Gasteiger partial charge < -0.3 is 39.9 Å². The molecule has 0 spiro atoms. The molecule has 0 radical (unpaired) electrons. The van der Waals surface area contributed by atoms with Gasteiger partial charge in [-0.2, -0.15) is 0 Å². The zero-order valence-corrected chi connectivity index (χ0v) is 41.3. The second-order valence-electron chi connectivity index (χ2n) is 16.9. The summed E-state index contributed by atoms with van der Waals surface area (Å²) in [5.74, 6) is -0.609. The minimum Gasteiger partial charge on any atom is -0.457 e. The molecule has 1 rings (SSSR count). The van der Waals surface area contributed by atoms with Gasteiger partial charge in [-0.15, -0.1) is 0 Å². The van der Waals surface area contributed by atoms with E-state index in [0.717, 1.165) is 70.6 Å². The number of carbonyl (C=O) groups is 1. The Morgan fingerprint density at radius 3 is 1.36 bits per heavy atom. The summed E-state index contributed by atoms with van der Waals surface area (Å²) in [5, 5.41) is 50.2. The highest BCUT2D eigenvalue weighted by atomic mass is 31.2. The highest BCUT2D eigenvalue weighted by molar-refractivity contribution is 7.47. The van der Waals surface area contributed by atoms with Crippen molar-refractivity contribution in [3.63, 3.8) is 0 Å². The van der Waals surface area contributed by atoms with Gasteiger partial charge in [0, 0.05) is 6.61 Å². The number of hydrogen-bond acceptors (Lipinski definition) is 11. The Morgan fingerprint density at radius 1 is 0.500 bits per heavy atom. The summed E-state index contributed by atoms with van der Waals surface area (Å²) in [7, 11) is -5.05. The number of ether oxygens (including phenoxy) is 2. The van der Waals surface area contributed by atoms with E-state index in [2.05, 4.69) is 86.8 Å². The number of unbranched alkanes of at least 4 members (excludes halogenated alkanes) is 14. The molecule has 6 N–H and O–H groups in total. The van der Waals surface area contributed by atoms with Crippen LogP contribution in [0.2, 0.25) is 0 Å². The lowest BCUT2D eigenvalue weighted by Gasteiger charge is -2.41. The highest BCUT2D eigenvalue weighted by Gasteiger charge is 2.51. The molecule has 12 nitrogen and oxygen atoms in total. The zero-order chi connectivity index (χ0) is 48.4. The summed E-state index contributed by atoms with van der Waals surface area (Å²) in [6.45, 7) is 4.00. The average molecular weight is 949 g/mol. The SMILES string of the molecule is CC/C=C\C/C=C\C/C=C\C/C=C\C/C=C\CC(=O)OC(COCCCCCCCCCCC/C=C\C/C=C\C/C=C\CCCCCCC)COP(=O)(O)OC1C(O)C(O)C(O)C(O)C1O. The third kappa shape index (κ3) is 33.7. The summed E-state index contributed by atoms with van der Waals surface area (Å²) >= 11 is 0. The summed E-state index contributed by atoms with van der Waals surface area (Å²) in [6.07, 6.45) is 46.5. The van der Waals surface area contributed by atoms with Gasteiger partial charge in [0.25, 0.3) is 0 Å². The van der Waals surface area contributed by atoms with Gasteiger partial charge in [-0.05, 0) is 77.0 Å². The lowest BCUT2D eigenvalue weighted by atomic mass is 9.85. The van der Waals surface area contributed by atoms with Gasteiger partial charge in [-0.3, -0.25) is 13.8 Å². The molecular formula is C53H89O12P. The van der Waals surface area contributed by atoms with E-state index in [1.807, 2.05) is 18.2 Å². The summed E-state index contributed by atoms with van der Waals surface area (Å²) < 4.78 is 34.1. The van der Waals surface area contributed by atoms with E-state index in [1.54, 1.807) is 6.08 Å². The van der Waals surface area contributed by atoms with Crippen molar-refractivity contribution < 1.29 is 58.3 Å². The van der Waals surface area contributed by atoms with E-state index in [0.29, 0.717) is 13.0 Å². The van der Waals surface area contributed by atoms with Gasteiger partial charge in [0.05, 0.1) is 19.6 Å². The first-order valence-corrected chi connectivity index (χ1v) is 26.6. The van der Waals surface area contributed by atoms with Crippen LogP contribution >= 0.6 is 7.82 Å². The number of aliphatic hydroxyl groups excluding tert-OH is 5. The first kappa shape index (κ1) is 61.3. The summed E-state index contributed by atoms with van der Waals surface area (Å²) in [6, 6.07) is 0. The van der Waals surface area contributed by atoms with Gasteiger partial charge in [0.15, 0.2) is 0 Å². The Labute approximate surface area is 398 Å². The van der Waals surface area contributed by atoms with E-state index in [4.69, 9.17) is 18.5 Å². The molecule has 6 atom stereocenters. The Hall–Kier alpha value is -2.74. The predicted octanol–water partition coefficient (Wildman–Crippen LogP) is 11.1. The zero-order valence-electron chi connectivity index (χ0n) is 40.5. The quantitative estimate of drug-likeness (QED) is 0.0147. The van der Waals surface area contributed by atoms with Crippen LogP contribution in [0.1, 0.15) is 168 Å². The van der Waals surface area contributed by atoms with Crippen LogP contribution < -0.4 is 0 Å². The maximum Gasteiger partial charge on any atom is 0.472 e. The van der Waals surface area contributed by atoms with Crippen molar-refractivity contribution >= 4 is 13.8 Å². The number of aliphatic hydroxyl groups is 5. The average Bonchev–Trinajstić information content (AvgIpc) is 3.30. The number of hydrogen-bond donors (Lipinski definition) is 6. The molecule has 6 unspecified atom stereocenters. The van der Waals surface area contributed by atoms with Gasteiger partial charge >= 0.3 is 13.8 Å². The van der Waals surface area contributed by atoms with Crippen LogP contribution in [-0.4, -0.2) is 98.9 Å². The number of phosphoric acid groups is 1. The van der Waals surface area contributed by atoms with E-state index in [-0.39, 0.29) is 13.0 Å². The molecule has 0 heterocycles. The van der Waals surface area contributed by atoms with Crippen LogP contribution in [-0.2, 0) is 27.9 Å². The van der Waals surface area contributed by atoms with Crippen LogP contribution in [0.4, 0.5) is 0 Å². The highest BCUT2D eigenvalue weighted by Crippen LogP contribution is 2.47. The van der Waals surface area contributed by atoms with Crippen molar-refractivity contribution in [2.24, 2.45) is 0 Å². The monoisotopic (exact) mass is 949 g/mol. The Kier molecular flexibility index (Phi) is 39.3. The molecule has 1 fully saturated rings. The molecule has 0 saturated heterocycles. The lowest BCUT2D eigenvalue weighted by molar-refractivity contribution is -0.220. The molecule has 1 saturated carbocycles. The van der Waals surface area contributed by atoms with Crippen molar-refractivity contribution in [2.45, 2.75) is 211 Å². The molecule has 0 bridgehead atoms. The van der Waals surface area contributed by atoms with Gasteiger partial charge in [-0.1, -0.05) is 182 Å². The lowest BCUT2D eigenvalue weighted by Crippen LogP contribution is -2.64. The number of rotatable bonds is 41. The smallest absolute Gasteiger partial charge is 0.457 e. The van der Waals surface area contributed by atoms with Crippen LogP contribution in [0.5, 0.6) is 0 Å². The van der Waals surface area contributed by atoms with E-state index >= 15 is 0 Å². The minimum atomic E-state index is -5.05. The molecule has 1 aliphatic carbocycles. The molecule has 1 aliphatic rings. The van der Waals surface area contributed by atoms with Gasteiger partial charge in [-0.25, -0.2) is 4.57 Å². The maximum absolute atomic E-state index is 12.8. The van der Waals surface area contributed by atoms with Crippen molar-refractivity contribution in [1.29, 1.82) is 0 Å².